The molecule has 1 aromatic carbocycles. The first kappa shape index (κ1) is 17.0. The highest BCUT2D eigenvalue weighted by atomic mass is 16.4. The van der Waals surface area contributed by atoms with E-state index in [1.165, 1.54) is 0 Å². The van der Waals surface area contributed by atoms with Crippen LogP contribution in [0.5, 0.6) is 0 Å². The fourth-order valence-corrected chi connectivity index (χ4v) is 1.99. The van der Waals surface area contributed by atoms with Gasteiger partial charge in [-0.2, -0.15) is 0 Å². The third-order valence-corrected chi connectivity index (χ3v) is 3.12. The van der Waals surface area contributed by atoms with Gasteiger partial charge in [-0.05, 0) is 36.0 Å². The van der Waals surface area contributed by atoms with Gasteiger partial charge in [-0.15, -0.1) is 0 Å². The maximum absolute atomic E-state index is 11.9. The summed E-state index contributed by atoms with van der Waals surface area (Å²) in [5.74, 6) is -0.465. The van der Waals surface area contributed by atoms with E-state index in [0.717, 1.165) is 5.56 Å². The average molecular weight is 292 g/mol. The van der Waals surface area contributed by atoms with Crippen molar-refractivity contribution in [3.8, 4) is 0 Å². The van der Waals surface area contributed by atoms with E-state index < -0.39 is 18.0 Å². The predicted molar refractivity (Wildman–Crippen MR) is 83.6 cm³/mol. The van der Waals surface area contributed by atoms with Crippen molar-refractivity contribution < 1.29 is 14.7 Å². The smallest absolute Gasteiger partial charge is 0.326 e. The molecule has 0 heterocycles. The molecule has 0 saturated heterocycles. The zero-order valence-electron chi connectivity index (χ0n) is 13.0. The van der Waals surface area contributed by atoms with Gasteiger partial charge in [0.1, 0.15) is 6.04 Å². The second kappa shape index (κ2) is 7.67. The molecule has 0 aliphatic carbocycles. The molecule has 21 heavy (non-hydrogen) atoms. The van der Waals surface area contributed by atoms with Crippen LogP contribution in [0.3, 0.4) is 0 Å². The van der Waals surface area contributed by atoms with Crippen LogP contribution in [0.25, 0.3) is 0 Å². The summed E-state index contributed by atoms with van der Waals surface area (Å²) in [6.07, 6.45) is 0.398. The van der Waals surface area contributed by atoms with Crippen LogP contribution >= 0.6 is 0 Å². The minimum absolute atomic E-state index is 0.190. The van der Waals surface area contributed by atoms with Gasteiger partial charge in [-0.1, -0.05) is 39.8 Å². The molecule has 0 aliphatic heterocycles. The molecule has 5 nitrogen and oxygen atoms in total. The number of rotatable bonds is 6. The summed E-state index contributed by atoms with van der Waals surface area (Å²) in [4.78, 5) is 23.0. The van der Waals surface area contributed by atoms with Gasteiger partial charge in [0.05, 0.1) is 0 Å². The van der Waals surface area contributed by atoms with Gasteiger partial charge in [0.2, 0.25) is 0 Å². The number of carboxylic acid groups (broad SMARTS) is 1. The van der Waals surface area contributed by atoms with Crippen LogP contribution in [0, 0.1) is 5.92 Å². The fraction of sp³-hybridized carbons (Fsp3) is 0.500. The van der Waals surface area contributed by atoms with Crippen molar-refractivity contribution in [2.45, 2.75) is 46.1 Å². The number of benzene rings is 1. The molecule has 0 saturated carbocycles. The van der Waals surface area contributed by atoms with Crippen molar-refractivity contribution in [3.63, 3.8) is 0 Å². The summed E-state index contributed by atoms with van der Waals surface area (Å²) in [7, 11) is 0. The molecule has 3 N–H and O–H groups in total. The number of carbonyl (C=O) groups is 2. The Morgan fingerprint density at radius 3 is 2.38 bits per heavy atom. The molecule has 2 amide bonds. The zero-order valence-corrected chi connectivity index (χ0v) is 13.0. The Labute approximate surface area is 125 Å². The third kappa shape index (κ3) is 5.85. The Kier molecular flexibility index (Phi) is 6.21. The normalized spacial score (nSPS) is 12.3. The van der Waals surface area contributed by atoms with Crippen LogP contribution in [0.15, 0.2) is 24.3 Å². The first-order valence-electron chi connectivity index (χ1n) is 7.20. The first-order valence-corrected chi connectivity index (χ1v) is 7.20. The van der Waals surface area contributed by atoms with E-state index in [1.807, 2.05) is 32.0 Å². The topological polar surface area (TPSA) is 78.4 Å². The van der Waals surface area contributed by atoms with Crippen LogP contribution in [0.4, 0.5) is 10.5 Å². The largest absolute Gasteiger partial charge is 0.480 e. The van der Waals surface area contributed by atoms with Gasteiger partial charge >= 0.3 is 12.0 Å². The number of hydrogen-bond acceptors (Lipinski definition) is 2. The molecule has 1 rings (SSSR count). The van der Waals surface area contributed by atoms with Gasteiger partial charge < -0.3 is 15.7 Å². The number of nitrogens with one attached hydrogen (secondary N) is 2. The standard InChI is InChI=1S/C16H24N2O3/c1-10(2)8-14(15(19)20)18-16(21)17-13-7-5-6-12(9-13)11(3)4/h5-7,9-11,14H,8H2,1-4H3,(H,19,20)(H2,17,18,21)/t14-/m0/s1. The quantitative estimate of drug-likeness (QED) is 0.751. The number of carboxylic acids is 1. The summed E-state index contributed by atoms with van der Waals surface area (Å²) < 4.78 is 0. The average Bonchev–Trinajstić information content (AvgIpc) is 2.37. The third-order valence-electron chi connectivity index (χ3n) is 3.12. The lowest BCUT2D eigenvalue weighted by molar-refractivity contribution is -0.139. The maximum Gasteiger partial charge on any atom is 0.326 e. The predicted octanol–water partition coefficient (Wildman–Crippen LogP) is 3.43. The Balaban J connectivity index is 2.67. The Bertz CT molecular complexity index is 498. The Morgan fingerprint density at radius 2 is 1.86 bits per heavy atom. The van der Waals surface area contributed by atoms with Gasteiger partial charge in [0.15, 0.2) is 0 Å². The second-order valence-electron chi connectivity index (χ2n) is 5.90. The van der Waals surface area contributed by atoms with E-state index in [1.54, 1.807) is 6.07 Å². The molecule has 5 heteroatoms. The Morgan fingerprint density at radius 1 is 1.19 bits per heavy atom. The van der Waals surface area contributed by atoms with Crippen molar-refractivity contribution in [1.82, 2.24) is 5.32 Å². The molecule has 0 aromatic heterocycles. The number of amides is 2. The van der Waals surface area contributed by atoms with Crippen LogP contribution < -0.4 is 10.6 Å². The van der Waals surface area contributed by atoms with E-state index in [9.17, 15) is 9.59 Å². The lowest BCUT2D eigenvalue weighted by Gasteiger charge is -2.17. The summed E-state index contributed by atoms with van der Waals surface area (Å²) in [6.45, 7) is 7.98. The minimum Gasteiger partial charge on any atom is -0.480 e. The van der Waals surface area contributed by atoms with E-state index in [0.29, 0.717) is 18.0 Å². The molecule has 0 fully saturated rings. The highest BCUT2D eigenvalue weighted by Crippen LogP contribution is 2.18. The van der Waals surface area contributed by atoms with E-state index in [-0.39, 0.29) is 5.92 Å². The van der Waals surface area contributed by atoms with Crippen molar-refractivity contribution in [2.24, 2.45) is 5.92 Å². The molecule has 0 bridgehead atoms. The van der Waals surface area contributed by atoms with Crippen molar-refractivity contribution in [3.05, 3.63) is 29.8 Å². The van der Waals surface area contributed by atoms with Crippen LogP contribution in [-0.4, -0.2) is 23.1 Å². The van der Waals surface area contributed by atoms with Gasteiger partial charge in [-0.25, -0.2) is 9.59 Å². The molecular weight excluding hydrogens is 268 g/mol. The van der Waals surface area contributed by atoms with Gasteiger partial charge in [-0.3, -0.25) is 0 Å². The molecule has 0 spiro atoms. The lowest BCUT2D eigenvalue weighted by Crippen LogP contribution is -2.43. The monoisotopic (exact) mass is 292 g/mol. The van der Waals surface area contributed by atoms with Gasteiger partial charge in [0.25, 0.3) is 0 Å². The van der Waals surface area contributed by atoms with Crippen LogP contribution in [-0.2, 0) is 4.79 Å². The summed E-state index contributed by atoms with van der Waals surface area (Å²) >= 11 is 0. The second-order valence-corrected chi connectivity index (χ2v) is 5.90. The number of urea groups is 1. The lowest BCUT2D eigenvalue weighted by atomic mass is 10.0. The molecular formula is C16H24N2O3. The van der Waals surface area contributed by atoms with Crippen molar-refractivity contribution in [2.75, 3.05) is 5.32 Å². The molecule has 116 valence electrons. The molecule has 0 radical (unpaired) electrons. The Hall–Kier alpha value is -2.04. The molecule has 1 aromatic rings. The van der Waals surface area contributed by atoms with Crippen LogP contribution in [0.1, 0.15) is 45.6 Å². The first-order chi connectivity index (χ1) is 9.79. The number of aliphatic carboxylic acids is 1. The maximum atomic E-state index is 11.9. The zero-order chi connectivity index (χ0) is 16.0. The van der Waals surface area contributed by atoms with Crippen molar-refractivity contribution >= 4 is 17.7 Å². The minimum atomic E-state index is -1.02. The van der Waals surface area contributed by atoms with E-state index >= 15 is 0 Å². The van der Waals surface area contributed by atoms with E-state index in [4.69, 9.17) is 5.11 Å². The van der Waals surface area contributed by atoms with Crippen molar-refractivity contribution in [1.29, 1.82) is 0 Å². The number of carbonyl (C=O) groups excluding carboxylic acids is 1. The molecule has 0 aliphatic rings. The molecule has 1 atom stereocenters. The highest BCUT2D eigenvalue weighted by molar-refractivity contribution is 5.92. The van der Waals surface area contributed by atoms with Gasteiger partial charge in [0, 0.05) is 5.69 Å². The number of anilines is 1. The fourth-order valence-electron chi connectivity index (χ4n) is 1.99. The van der Waals surface area contributed by atoms with E-state index in [2.05, 4.69) is 24.5 Å². The molecule has 0 unspecified atom stereocenters. The highest BCUT2D eigenvalue weighted by Gasteiger charge is 2.21. The summed E-state index contributed by atoms with van der Waals surface area (Å²) in [6, 6.07) is 6.16. The SMILES string of the molecule is CC(C)C[C@H](NC(=O)Nc1cccc(C(C)C)c1)C(=O)O. The summed E-state index contributed by atoms with van der Waals surface area (Å²) in [5.41, 5.74) is 1.78. The van der Waals surface area contributed by atoms with Crippen LogP contribution in [0.2, 0.25) is 0 Å². The summed E-state index contributed by atoms with van der Waals surface area (Å²) in [5, 5.41) is 14.3. The number of hydrogen-bond donors (Lipinski definition) is 3.